The zero-order valence-electron chi connectivity index (χ0n) is 12.8. The lowest BCUT2D eigenvalue weighted by Gasteiger charge is -2.12. The van der Waals surface area contributed by atoms with Gasteiger partial charge in [0.05, 0.1) is 35.2 Å². The Morgan fingerprint density at radius 2 is 1.91 bits per heavy atom. The molecule has 2 aromatic heterocycles. The molecule has 2 rings (SSSR count). The molecule has 0 atom stereocenters. The Kier molecular flexibility index (Phi) is 6.12. The zero-order chi connectivity index (χ0) is 16.8. The Hall–Kier alpha value is -1.92. The number of pyridine rings is 1. The van der Waals surface area contributed by atoms with Crippen molar-refractivity contribution in [1.29, 1.82) is 0 Å². The van der Waals surface area contributed by atoms with Gasteiger partial charge in [0.1, 0.15) is 0 Å². The third-order valence-corrected chi connectivity index (χ3v) is 4.23. The summed E-state index contributed by atoms with van der Waals surface area (Å²) in [6.45, 7) is 3.95. The van der Waals surface area contributed by atoms with Crippen LogP contribution in [0.15, 0.2) is 24.4 Å². The van der Waals surface area contributed by atoms with Crippen LogP contribution in [-0.2, 0) is 20.7 Å². The van der Waals surface area contributed by atoms with Crippen LogP contribution in [0.4, 0.5) is 0 Å². The van der Waals surface area contributed by atoms with Gasteiger partial charge in [0.25, 0.3) is 0 Å². The predicted molar refractivity (Wildman–Crippen MR) is 88.9 cm³/mol. The second-order valence-corrected chi connectivity index (χ2v) is 6.20. The maximum atomic E-state index is 12.4. The van der Waals surface area contributed by atoms with Crippen LogP contribution in [0.2, 0.25) is 4.34 Å². The van der Waals surface area contributed by atoms with E-state index in [2.05, 4.69) is 4.98 Å². The second kappa shape index (κ2) is 8.08. The highest BCUT2D eigenvalue weighted by Gasteiger charge is 2.22. The van der Waals surface area contributed by atoms with Crippen LogP contribution in [0.1, 0.15) is 29.9 Å². The number of thiophene rings is 1. The summed E-state index contributed by atoms with van der Waals surface area (Å²) in [7, 11) is 0. The summed E-state index contributed by atoms with van der Waals surface area (Å²) in [5.41, 5.74) is 1.26. The van der Waals surface area contributed by atoms with Gasteiger partial charge in [-0.3, -0.25) is 9.78 Å². The molecule has 0 aromatic carbocycles. The standard InChI is InChI=1S/C16H16ClNO4S/c1-3-21-14(19)9-11-15(16(20)22-4-2)10(7-8-18-11)12-5-6-13(17)23-12/h5-8H,3-4,9H2,1-2H3. The van der Waals surface area contributed by atoms with Crippen LogP contribution in [0.5, 0.6) is 0 Å². The van der Waals surface area contributed by atoms with E-state index in [0.717, 1.165) is 4.88 Å². The number of hydrogen-bond acceptors (Lipinski definition) is 6. The molecule has 0 saturated carbocycles. The fourth-order valence-corrected chi connectivity index (χ4v) is 3.16. The van der Waals surface area contributed by atoms with Crippen molar-refractivity contribution in [2.24, 2.45) is 0 Å². The van der Waals surface area contributed by atoms with Gasteiger partial charge in [0.2, 0.25) is 0 Å². The number of esters is 2. The molecule has 2 aromatic rings. The van der Waals surface area contributed by atoms with Gasteiger partial charge in [-0.25, -0.2) is 4.79 Å². The minimum absolute atomic E-state index is 0.0884. The van der Waals surface area contributed by atoms with Crippen LogP contribution in [0, 0.1) is 0 Å². The van der Waals surface area contributed by atoms with E-state index < -0.39 is 11.9 Å². The third-order valence-electron chi connectivity index (χ3n) is 2.96. The smallest absolute Gasteiger partial charge is 0.340 e. The number of carbonyl (C=O) groups excluding carboxylic acids is 2. The Labute approximate surface area is 143 Å². The highest BCUT2D eigenvalue weighted by atomic mass is 35.5. The average molecular weight is 354 g/mol. The van der Waals surface area contributed by atoms with Gasteiger partial charge in [-0.15, -0.1) is 11.3 Å². The Balaban J connectivity index is 2.49. The zero-order valence-corrected chi connectivity index (χ0v) is 14.4. The van der Waals surface area contributed by atoms with Crippen LogP contribution < -0.4 is 0 Å². The van der Waals surface area contributed by atoms with Crippen molar-refractivity contribution < 1.29 is 19.1 Å². The lowest BCUT2D eigenvalue weighted by atomic mass is 10.0. The molecule has 5 nitrogen and oxygen atoms in total. The van der Waals surface area contributed by atoms with Gasteiger partial charge in [-0.05, 0) is 32.0 Å². The first-order valence-electron chi connectivity index (χ1n) is 7.13. The summed E-state index contributed by atoms with van der Waals surface area (Å²) < 4.78 is 10.7. The van der Waals surface area contributed by atoms with Crippen LogP contribution >= 0.6 is 22.9 Å². The van der Waals surface area contributed by atoms with Gasteiger partial charge in [0, 0.05) is 16.6 Å². The van der Waals surface area contributed by atoms with Crippen molar-refractivity contribution >= 4 is 34.9 Å². The third kappa shape index (κ3) is 4.30. The van der Waals surface area contributed by atoms with E-state index in [1.165, 1.54) is 11.3 Å². The molecule has 0 aliphatic carbocycles. The number of hydrogen-bond donors (Lipinski definition) is 0. The molecule has 0 N–H and O–H groups in total. The molecule has 122 valence electrons. The van der Waals surface area contributed by atoms with E-state index in [1.54, 1.807) is 32.2 Å². The molecule has 0 radical (unpaired) electrons. The number of aromatic nitrogens is 1. The highest BCUT2D eigenvalue weighted by Crippen LogP contribution is 2.34. The van der Waals surface area contributed by atoms with Crippen LogP contribution in [-0.4, -0.2) is 30.1 Å². The Morgan fingerprint density at radius 1 is 1.17 bits per heavy atom. The van der Waals surface area contributed by atoms with E-state index in [1.807, 2.05) is 6.07 Å². The summed E-state index contributed by atoms with van der Waals surface area (Å²) in [5.74, 6) is -0.952. The van der Waals surface area contributed by atoms with E-state index in [9.17, 15) is 9.59 Å². The molecule has 0 aliphatic heterocycles. The SMILES string of the molecule is CCOC(=O)Cc1nccc(-c2ccc(Cl)s2)c1C(=O)OCC. The minimum atomic E-state index is -0.514. The van der Waals surface area contributed by atoms with Gasteiger partial charge in [-0.2, -0.15) is 0 Å². The quantitative estimate of drug-likeness (QED) is 0.740. The molecule has 0 amide bonds. The van der Waals surface area contributed by atoms with Gasteiger partial charge in [-0.1, -0.05) is 11.6 Å². The summed E-state index contributed by atoms with van der Waals surface area (Å²) >= 11 is 7.32. The van der Waals surface area contributed by atoms with Crippen molar-refractivity contribution in [2.45, 2.75) is 20.3 Å². The first-order chi connectivity index (χ1) is 11.1. The van der Waals surface area contributed by atoms with E-state index in [0.29, 0.717) is 15.6 Å². The molecule has 2 heterocycles. The molecule has 7 heteroatoms. The summed E-state index contributed by atoms with van der Waals surface area (Å²) in [6.07, 6.45) is 1.47. The number of nitrogens with zero attached hydrogens (tertiary/aromatic N) is 1. The van der Waals surface area contributed by atoms with Crippen molar-refractivity contribution in [1.82, 2.24) is 4.98 Å². The number of halogens is 1. The summed E-state index contributed by atoms with van der Waals surface area (Å²) in [4.78, 5) is 29.1. The first-order valence-corrected chi connectivity index (χ1v) is 8.32. The molecular formula is C16H16ClNO4S. The van der Waals surface area contributed by atoms with Crippen LogP contribution in [0.3, 0.4) is 0 Å². The summed E-state index contributed by atoms with van der Waals surface area (Å²) in [5, 5.41) is 0. The lowest BCUT2D eigenvalue weighted by molar-refractivity contribution is -0.142. The molecule has 0 aliphatic rings. The van der Waals surface area contributed by atoms with Gasteiger partial charge >= 0.3 is 11.9 Å². The van der Waals surface area contributed by atoms with E-state index in [-0.39, 0.29) is 25.2 Å². The normalized spacial score (nSPS) is 10.4. The van der Waals surface area contributed by atoms with Gasteiger partial charge in [0.15, 0.2) is 0 Å². The number of rotatable bonds is 6. The number of carbonyl (C=O) groups is 2. The maximum absolute atomic E-state index is 12.4. The molecule has 0 unspecified atom stereocenters. The summed E-state index contributed by atoms with van der Waals surface area (Å²) in [6, 6.07) is 5.28. The van der Waals surface area contributed by atoms with Gasteiger partial charge < -0.3 is 9.47 Å². The van der Waals surface area contributed by atoms with E-state index >= 15 is 0 Å². The average Bonchev–Trinajstić information content (AvgIpc) is 2.94. The molecule has 0 spiro atoms. The number of ether oxygens (including phenoxy) is 2. The lowest BCUT2D eigenvalue weighted by Crippen LogP contribution is -2.16. The van der Waals surface area contributed by atoms with E-state index in [4.69, 9.17) is 21.1 Å². The van der Waals surface area contributed by atoms with Crippen molar-refractivity contribution in [3.63, 3.8) is 0 Å². The maximum Gasteiger partial charge on any atom is 0.340 e. The van der Waals surface area contributed by atoms with Crippen molar-refractivity contribution in [2.75, 3.05) is 13.2 Å². The van der Waals surface area contributed by atoms with Crippen LogP contribution in [0.25, 0.3) is 10.4 Å². The first kappa shape index (κ1) is 17.4. The van der Waals surface area contributed by atoms with Crippen molar-refractivity contribution in [3.05, 3.63) is 40.0 Å². The largest absolute Gasteiger partial charge is 0.466 e. The topological polar surface area (TPSA) is 65.5 Å². The predicted octanol–water partition coefficient (Wildman–Crippen LogP) is 3.75. The molecular weight excluding hydrogens is 338 g/mol. The molecule has 0 saturated heterocycles. The monoisotopic (exact) mass is 353 g/mol. The highest BCUT2D eigenvalue weighted by molar-refractivity contribution is 7.19. The molecule has 0 bridgehead atoms. The fourth-order valence-electron chi connectivity index (χ4n) is 2.08. The molecule has 0 fully saturated rings. The van der Waals surface area contributed by atoms with Crippen molar-refractivity contribution in [3.8, 4) is 10.4 Å². The second-order valence-electron chi connectivity index (χ2n) is 4.49. The molecule has 23 heavy (non-hydrogen) atoms. The Morgan fingerprint density at radius 3 is 2.52 bits per heavy atom. The Bertz CT molecular complexity index is 714. The minimum Gasteiger partial charge on any atom is -0.466 e. The fraction of sp³-hybridized carbons (Fsp3) is 0.312.